The van der Waals surface area contributed by atoms with Crippen LogP contribution >= 0.6 is 0 Å². The molecular weight excluding hydrogens is 224 g/mol. The third kappa shape index (κ3) is 2.76. The summed E-state index contributed by atoms with van der Waals surface area (Å²) in [6, 6.07) is 8.15. The van der Waals surface area contributed by atoms with Crippen molar-refractivity contribution in [3.63, 3.8) is 0 Å². The Morgan fingerprint density at radius 1 is 1.22 bits per heavy atom. The standard InChI is InChI=1S/C14H20N4/c1-10(15)8-9-18(3)14-11(2)16-12-6-4-5-7-13(12)17-14/h4-7,10H,8-9,15H2,1-3H3. The van der Waals surface area contributed by atoms with Crippen LogP contribution in [0, 0.1) is 6.92 Å². The van der Waals surface area contributed by atoms with E-state index < -0.39 is 0 Å². The first-order valence-corrected chi connectivity index (χ1v) is 6.28. The van der Waals surface area contributed by atoms with Crippen molar-refractivity contribution < 1.29 is 0 Å². The molecule has 1 aromatic carbocycles. The van der Waals surface area contributed by atoms with Crippen LogP contribution in [0.5, 0.6) is 0 Å². The summed E-state index contributed by atoms with van der Waals surface area (Å²) in [6.07, 6.45) is 0.949. The topological polar surface area (TPSA) is 55.0 Å². The molecule has 1 atom stereocenters. The summed E-state index contributed by atoms with van der Waals surface area (Å²) in [5.74, 6) is 0.939. The molecule has 0 saturated carbocycles. The molecule has 0 amide bonds. The summed E-state index contributed by atoms with van der Waals surface area (Å²) in [5, 5.41) is 0. The highest BCUT2D eigenvalue weighted by molar-refractivity contribution is 5.76. The van der Waals surface area contributed by atoms with Crippen molar-refractivity contribution in [1.82, 2.24) is 9.97 Å². The van der Waals surface area contributed by atoms with Gasteiger partial charge in [-0.15, -0.1) is 0 Å². The molecule has 2 aromatic rings. The van der Waals surface area contributed by atoms with E-state index in [4.69, 9.17) is 5.73 Å². The average Bonchev–Trinajstić information content (AvgIpc) is 2.35. The lowest BCUT2D eigenvalue weighted by Crippen LogP contribution is -2.27. The number of rotatable bonds is 4. The molecule has 18 heavy (non-hydrogen) atoms. The predicted octanol–water partition coefficient (Wildman–Crippen LogP) is 2.11. The Labute approximate surface area is 108 Å². The van der Waals surface area contributed by atoms with E-state index in [1.165, 1.54) is 0 Å². The molecule has 0 spiro atoms. The maximum atomic E-state index is 5.78. The molecule has 4 nitrogen and oxygen atoms in total. The van der Waals surface area contributed by atoms with Crippen LogP contribution in [0.2, 0.25) is 0 Å². The zero-order chi connectivity index (χ0) is 13.1. The van der Waals surface area contributed by atoms with E-state index in [0.717, 1.165) is 35.5 Å². The molecule has 0 bridgehead atoms. The number of nitrogens with zero attached hydrogens (tertiary/aromatic N) is 3. The molecule has 96 valence electrons. The summed E-state index contributed by atoms with van der Waals surface area (Å²) in [7, 11) is 2.04. The minimum atomic E-state index is 0.209. The molecule has 4 heteroatoms. The van der Waals surface area contributed by atoms with Crippen molar-refractivity contribution in [2.75, 3.05) is 18.5 Å². The molecular formula is C14H20N4. The van der Waals surface area contributed by atoms with Crippen LogP contribution in [-0.4, -0.2) is 29.6 Å². The number of para-hydroxylation sites is 2. The van der Waals surface area contributed by atoms with E-state index in [9.17, 15) is 0 Å². The van der Waals surface area contributed by atoms with Gasteiger partial charge in [-0.1, -0.05) is 12.1 Å². The zero-order valence-corrected chi connectivity index (χ0v) is 11.2. The molecule has 1 unspecified atom stereocenters. The average molecular weight is 244 g/mol. The van der Waals surface area contributed by atoms with Crippen molar-refractivity contribution in [2.24, 2.45) is 5.73 Å². The highest BCUT2D eigenvalue weighted by Crippen LogP contribution is 2.18. The minimum absolute atomic E-state index is 0.209. The number of fused-ring (bicyclic) bond motifs is 1. The smallest absolute Gasteiger partial charge is 0.150 e. The van der Waals surface area contributed by atoms with Gasteiger partial charge in [0.2, 0.25) is 0 Å². The van der Waals surface area contributed by atoms with Crippen molar-refractivity contribution in [1.29, 1.82) is 0 Å². The van der Waals surface area contributed by atoms with Gasteiger partial charge in [0.1, 0.15) is 0 Å². The SMILES string of the molecule is Cc1nc2ccccc2nc1N(C)CCC(C)N. The second-order valence-electron chi connectivity index (χ2n) is 4.81. The van der Waals surface area contributed by atoms with Crippen LogP contribution in [0.1, 0.15) is 19.0 Å². The van der Waals surface area contributed by atoms with Crippen LogP contribution in [0.3, 0.4) is 0 Å². The molecule has 2 rings (SSSR count). The van der Waals surface area contributed by atoms with Gasteiger partial charge in [-0.25, -0.2) is 9.97 Å². The highest BCUT2D eigenvalue weighted by atomic mass is 15.2. The molecule has 1 heterocycles. The fraction of sp³-hybridized carbons (Fsp3) is 0.429. The molecule has 0 aliphatic rings. The van der Waals surface area contributed by atoms with Gasteiger partial charge >= 0.3 is 0 Å². The number of hydrogen-bond donors (Lipinski definition) is 1. The number of aryl methyl sites for hydroxylation is 1. The fourth-order valence-corrected chi connectivity index (χ4v) is 1.94. The van der Waals surface area contributed by atoms with Crippen LogP contribution in [-0.2, 0) is 0 Å². The van der Waals surface area contributed by atoms with Gasteiger partial charge in [-0.3, -0.25) is 0 Å². The fourth-order valence-electron chi connectivity index (χ4n) is 1.94. The normalized spacial score (nSPS) is 12.7. The van der Waals surface area contributed by atoms with Gasteiger partial charge in [0.05, 0.1) is 16.7 Å². The van der Waals surface area contributed by atoms with Gasteiger partial charge in [-0.2, -0.15) is 0 Å². The van der Waals surface area contributed by atoms with Crippen LogP contribution in [0.15, 0.2) is 24.3 Å². The Balaban J connectivity index is 2.29. The van der Waals surface area contributed by atoms with Crippen LogP contribution in [0.4, 0.5) is 5.82 Å². The highest BCUT2D eigenvalue weighted by Gasteiger charge is 2.09. The monoisotopic (exact) mass is 244 g/mol. The number of nitrogens with two attached hydrogens (primary N) is 1. The van der Waals surface area contributed by atoms with E-state index in [-0.39, 0.29) is 6.04 Å². The predicted molar refractivity (Wildman–Crippen MR) is 75.8 cm³/mol. The summed E-state index contributed by atoms with van der Waals surface area (Å²) >= 11 is 0. The van der Waals surface area contributed by atoms with E-state index in [2.05, 4.69) is 14.9 Å². The number of anilines is 1. The third-order valence-electron chi connectivity index (χ3n) is 3.00. The van der Waals surface area contributed by atoms with E-state index in [1.54, 1.807) is 0 Å². The Morgan fingerprint density at radius 2 is 1.83 bits per heavy atom. The minimum Gasteiger partial charge on any atom is -0.358 e. The lowest BCUT2D eigenvalue weighted by Gasteiger charge is -2.21. The molecule has 1 aromatic heterocycles. The molecule has 0 radical (unpaired) electrons. The van der Waals surface area contributed by atoms with Gasteiger partial charge < -0.3 is 10.6 Å². The van der Waals surface area contributed by atoms with Gasteiger partial charge in [-0.05, 0) is 32.4 Å². The maximum absolute atomic E-state index is 5.78. The Morgan fingerprint density at radius 3 is 2.44 bits per heavy atom. The Kier molecular flexibility index (Phi) is 3.77. The first-order valence-electron chi connectivity index (χ1n) is 6.28. The molecule has 0 aliphatic heterocycles. The lowest BCUT2D eigenvalue weighted by molar-refractivity contribution is 0.655. The van der Waals surface area contributed by atoms with Crippen LogP contribution < -0.4 is 10.6 Å². The van der Waals surface area contributed by atoms with Crippen molar-refractivity contribution in [3.8, 4) is 0 Å². The van der Waals surface area contributed by atoms with E-state index in [0.29, 0.717) is 0 Å². The van der Waals surface area contributed by atoms with Crippen molar-refractivity contribution in [2.45, 2.75) is 26.3 Å². The number of aromatic nitrogens is 2. The Bertz CT molecular complexity index is 536. The third-order valence-corrected chi connectivity index (χ3v) is 3.00. The summed E-state index contributed by atoms with van der Waals surface area (Å²) in [4.78, 5) is 11.4. The van der Waals surface area contributed by atoms with Gasteiger partial charge in [0.25, 0.3) is 0 Å². The summed E-state index contributed by atoms with van der Waals surface area (Å²) in [6.45, 7) is 4.91. The quantitative estimate of drug-likeness (QED) is 0.895. The molecule has 0 fully saturated rings. The lowest BCUT2D eigenvalue weighted by atomic mass is 10.2. The number of hydrogen-bond acceptors (Lipinski definition) is 4. The Hall–Kier alpha value is -1.68. The van der Waals surface area contributed by atoms with Crippen molar-refractivity contribution in [3.05, 3.63) is 30.0 Å². The second-order valence-corrected chi connectivity index (χ2v) is 4.81. The van der Waals surface area contributed by atoms with E-state index in [1.807, 2.05) is 45.2 Å². The first-order chi connectivity index (χ1) is 8.58. The zero-order valence-electron chi connectivity index (χ0n) is 11.2. The maximum Gasteiger partial charge on any atom is 0.150 e. The van der Waals surface area contributed by atoms with Gasteiger partial charge in [0.15, 0.2) is 5.82 Å². The number of benzene rings is 1. The second kappa shape index (κ2) is 5.31. The van der Waals surface area contributed by atoms with Crippen molar-refractivity contribution >= 4 is 16.9 Å². The first kappa shape index (κ1) is 12.8. The summed E-state index contributed by atoms with van der Waals surface area (Å²) in [5.41, 5.74) is 8.62. The van der Waals surface area contributed by atoms with Gasteiger partial charge in [0, 0.05) is 19.6 Å². The molecule has 0 aliphatic carbocycles. The van der Waals surface area contributed by atoms with E-state index >= 15 is 0 Å². The summed E-state index contributed by atoms with van der Waals surface area (Å²) < 4.78 is 0. The largest absolute Gasteiger partial charge is 0.358 e. The molecule has 0 saturated heterocycles. The molecule has 2 N–H and O–H groups in total. The van der Waals surface area contributed by atoms with Crippen LogP contribution in [0.25, 0.3) is 11.0 Å².